The van der Waals surface area contributed by atoms with Crippen LogP contribution in [0.1, 0.15) is 29.7 Å². The van der Waals surface area contributed by atoms with Gasteiger partial charge in [0.05, 0.1) is 5.69 Å². The number of carbonyl (C=O) groups is 1. The average Bonchev–Trinajstić information content (AvgIpc) is 2.45. The zero-order valence-electron chi connectivity index (χ0n) is 12.1. The second-order valence-corrected chi connectivity index (χ2v) is 4.81. The molecular weight excluding hydrogens is 262 g/mol. The Balaban J connectivity index is 2.24. The summed E-state index contributed by atoms with van der Waals surface area (Å²) >= 11 is 0. The van der Waals surface area contributed by atoms with Crippen LogP contribution in [-0.4, -0.2) is 11.0 Å². The Morgan fingerprint density at radius 3 is 2.67 bits per heavy atom. The van der Waals surface area contributed by atoms with Gasteiger partial charge in [-0.15, -0.1) is 0 Å². The third-order valence-corrected chi connectivity index (χ3v) is 2.94. The van der Waals surface area contributed by atoms with E-state index < -0.39 is 6.10 Å². The van der Waals surface area contributed by atoms with Crippen LogP contribution in [0.15, 0.2) is 48.5 Å². The van der Waals surface area contributed by atoms with Gasteiger partial charge in [0.25, 0.3) is 0 Å². The zero-order chi connectivity index (χ0) is 15.2. The lowest BCUT2D eigenvalue weighted by Crippen LogP contribution is -2.07. The number of anilines is 1. The molecular formula is C18H17NO2. The smallest absolute Gasteiger partial charge is 0.221 e. The van der Waals surface area contributed by atoms with Gasteiger partial charge in [-0.3, -0.25) is 4.79 Å². The van der Waals surface area contributed by atoms with Gasteiger partial charge in [-0.2, -0.15) is 0 Å². The number of aryl methyl sites for hydroxylation is 1. The molecule has 0 saturated carbocycles. The van der Waals surface area contributed by atoms with Crippen LogP contribution in [0.3, 0.4) is 0 Å². The van der Waals surface area contributed by atoms with Crippen molar-refractivity contribution < 1.29 is 9.90 Å². The molecule has 2 aromatic carbocycles. The number of nitrogens with one attached hydrogen (secondary N) is 1. The summed E-state index contributed by atoms with van der Waals surface area (Å²) in [6, 6.07) is 14.9. The van der Waals surface area contributed by atoms with Crippen LogP contribution in [0, 0.1) is 18.8 Å². The molecule has 21 heavy (non-hydrogen) atoms. The Labute approximate surface area is 124 Å². The molecule has 0 fully saturated rings. The minimum Gasteiger partial charge on any atom is -0.376 e. The third kappa shape index (κ3) is 4.20. The van der Waals surface area contributed by atoms with E-state index in [2.05, 4.69) is 17.2 Å². The van der Waals surface area contributed by atoms with Crippen LogP contribution in [0.4, 0.5) is 5.69 Å². The van der Waals surface area contributed by atoms with Crippen LogP contribution < -0.4 is 5.32 Å². The van der Waals surface area contributed by atoms with Gasteiger partial charge in [-0.05, 0) is 24.6 Å². The van der Waals surface area contributed by atoms with Gasteiger partial charge in [0.2, 0.25) is 5.91 Å². The minimum atomic E-state index is -0.852. The maximum absolute atomic E-state index is 11.2. The van der Waals surface area contributed by atoms with Crippen LogP contribution >= 0.6 is 0 Å². The highest BCUT2D eigenvalue weighted by Gasteiger charge is 2.04. The van der Waals surface area contributed by atoms with Crippen molar-refractivity contribution in [2.24, 2.45) is 0 Å². The van der Waals surface area contributed by atoms with Crippen LogP contribution in [-0.2, 0) is 4.79 Å². The van der Waals surface area contributed by atoms with Crippen molar-refractivity contribution in [3.63, 3.8) is 0 Å². The first-order valence-electron chi connectivity index (χ1n) is 6.69. The first kappa shape index (κ1) is 14.8. The molecule has 2 aromatic rings. The standard InChI is InChI=1S/C18H17NO2/c1-13-6-5-8-16(12-13)18(21)11-10-15-7-3-4-9-17(15)19-14(2)20/h3-9,12,18,21H,1-2H3,(H,19,20). The molecule has 106 valence electrons. The van der Waals surface area contributed by atoms with Crippen LogP contribution in [0.5, 0.6) is 0 Å². The summed E-state index contributed by atoms with van der Waals surface area (Å²) in [5, 5.41) is 12.8. The van der Waals surface area contributed by atoms with E-state index >= 15 is 0 Å². The number of hydrogen-bond acceptors (Lipinski definition) is 2. The van der Waals surface area contributed by atoms with Crippen molar-refractivity contribution in [3.8, 4) is 11.8 Å². The topological polar surface area (TPSA) is 49.3 Å². The molecule has 0 bridgehead atoms. The predicted molar refractivity (Wildman–Crippen MR) is 83.8 cm³/mol. The Hall–Kier alpha value is -2.57. The molecule has 0 aliphatic carbocycles. The van der Waals surface area contributed by atoms with Gasteiger partial charge in [0.15, 0.2) is 0 Å². The number of amides is 1. The van der Waals surface area contributed by atoms with Crippen LogP contribution in [0.2, 0.25) is 0 Å². The van der Waals surface area contributed by atoms with Crippen molar-refractivity contribution in [1.82, 2.24) is 0 Å². The fourth-order valence-electron chi connectivity index (χ4n) is 1.96. The molecule has 3 nitrogen and oxygen atoms in total. The number of aliphatic hydroxyl groups excluding tert-OH is 1. The van der Waals surface area contributed by atoms with E-state index in [-0.39, 0.29) is 5.91 Å². The molecule has 0 aliphatic rings. The molecule has 0 heterocycles. The maximum atomic E-state index is 11.2. The number of hydrogen-bond donors (Lipinski definition) is 2. The lowest BCUT2D eigenvalue weighted by atomic mass is 10.1. The Morgan fingerprint density at radius 2 is 1.95 bits per heavy atom. The summed E-state index contributed by atoms with van der Waals surface area (Å²) < 4.78 is 0. The summed E-state index contributed by atoms with van der Waals surface area (Å²) in [4.78, 5) is 11.2. The maximum Gasteiger partial charge on any atom is 0.221 e. The van der Waals surface area contributed by atoms with E-state index in [9.17, 15) is 9.90 Å². The Bertz CT molecular complexity index is 710. The second kappa shape index (κ2) is 6.74. The summed E-state index contributed by atoms with van der Waals surface area (Å²) in [6.45, 7) is 3.42. The van der Waals surface area contributed by atoms with E-state index in [4.69, 9.17) is 0 Å². The van der Waals surface area contributed by atoms with Crippen molar-refractivity contribution in [2.75, 3.05) is 5.32 Å². The SMILES string of the molecule is CC(=O)Nc1ccccc1C#CC(O)c1cccc(C)c1. The molecule has 1 unspecified atom stereocenters. The minimum absolute atomic E-state index is 0.150. The monoisotopic (exact) mass is 279 g/mol. The largest absolute Gasteiger partial charge is 0.376 e. The van der Waals surface area contributed by atoms with Gasteiger partial charge >= 0.3 is 0 Å². The average molecular weight is 279 g/mol. The first-order chi connectivity index (χ1) is 10.1. The number of benzene rings is 2. The van der Waals surface area contributed by atoms with Gasteiger partial charge in [-0.1, -0.05) is 53.8 Å². The number of carbonyl (C=O) groups excluding carboxylic acids is 1. The second-order valence-electron chi connectivity index (χ2n) is 4.81. The van der Waals surface area contributed by atoms with Crippen molar-refractivity contribution in [1.29, 1.82) is 0 Å². The lowest BCUT2D eigenvalue weighted by molar-refractivity contribution is -0.114. The highest BCUT2D eigenvalue weighted by atomic mass is 16.3. The number of aliphatic hydroxyl groups is 1. The summed E-state index contributed by atoms with van der Waals surface area (Å²) in [7, 11) is 0. The zero-order valence-corrected chi connectivity index (χ0v) is 12.1. The lowest BCUT2D eigenvalue weighted by Gasteiger charge is -2.06. The van der Waals surface area contributed by atoms with Crippen LogP contribution in [0.25, 0.3) is 0 Å². The molecule has 3 heteroatoms. The molecule has 1 atom stereocenters. The van der Waals surface area contributed by atoms with E-state index in [1.165, 1.54) is 6.92 Å². The van der Waals surface area contributed by atoms with Gasteiger partial charge in [0.1, 0.15) is 6.10 Å². The van der Waals surface area contributed by atoms with E-state index in [1.807, 2.05) is 43.3 Å². The van der Waals surface area contributed by atoms with Crippen molar-refractivity contribution in [2.45, 2.75) is 20.0 Å². The quantitative estimate of drug-likeness (QED) is 0.830. The molecule has 0 saturated heterocycles. The Morgan fingerprint density at radius 1 is 1.19 bits per heavy atom. The molecule has 0 aliphatic heterocycles. The molecule has 0 spiro atoms. The van der Waals surface area contributed by atoms with Gasteiger partial charge in [0, 0.05) is 12.5 Å². The van der Waals surface area contributed by atoms with E-state index in [0.29, 0.717) is 11.3 Å². The normalized spacial score (nSPS) is 11.2. The van der Waals surface area contributed by atoms with Crippen molar-refractivity contribution in [3.05, 3.63) is 65.2 Å². The highest BCUT2D eigenvalue weighted by Crippen LogP contribution is 2.16. The van der Waals surface area contributed by atoms with E-state index in [0.717, 1.165) is 11.1 Å². The first-order valence-corrected chi connectivity index (χ1v) is 6.69. The van der Waals surface area contributed by atoms with Gasteiger partial charge < -0.3 is 10.4 Å². The molecule has 1 amide bonds. The number of para-hydroxylation sites is 1. The van der Waals surface area contributed by atoms with Gasteiger partial charge in [-0.25, -0.2) is 0 Å². The molecule has 0 radical (unpaired) electrons. The summed E-state index contributed by atoms with van der Waals surface area (Å²) in [6.07, 6.45) is -0.852. The predicted octanol–water partition coefficient (Wildman–Crippen LogP) is 3.04. The highest BCUT2D eigenvalue weighted by molar-refractivity contribution is 5.90. The Kier molecular flexibility index (Phi) is 4.76. The molecule has 2 N–H and O–H groups in total. The molecule has 0 aromatic heterocycles. The van der Waals surface area contributed by atoms with Crippen molar-refractivity contribution >= 4 is 11.6 Å². The molecule has 2 rings (SSSR count). The fourth-order valence-corrected chi connectivity index (χ4v) is 1.96. The summed E-state index contributed by atoms with van der Waals surface area (Å²) in [5.74, 6) is 5.58. The summed E-state index contributed by atoms with van der Waals surface area (Å²) in [5.41, 5.74) is 3.17. The third-order valence-electron chi connectivity index (χ3n) is 2.94. The fraction of sp³-hybridized carbons (Fsp3) is 0.167. The number of rotatable bonds is 2. The van der Waals surface area contributed by atoms with E-state index in [1.54, 1.807) is 12.1 Å².